The Kier molecular flexibility index (Phi) is 5.32. The van der Waals surface area contributed by atoms with Gasteiger partial charge in [0.05, 0.1) is 12.7 Å². The maximum atomic E-state index is 12.8. The van der Waals surface area contributed by atoms with Crippen molar-refractivity contribution >= 4 is 10.0 Å². The molecule has 0 bridgehead atoms. The van der Waals surface area contributed by atoms with Crippen LogP contribution < -0.4 is 5.32 Å². The zero-order chi connectivity index (χ0) is 15.5. The summed E-state index contributed by atoms with van der Waals surface area (Å²) in [6, 6.07) is 3.25. The van der Waals surface area contributed by atoms with Gasteiger partial charge in [-0.15, -0.1) is 0 Å². The normalized spacial score (nSPS) is 24.1. The third kappa shape index (κ3) is 3.60. The average molecular weight is 313 g/mol. The highest BCUT2D eigenvalue weighted by Gasteiger charge is 2.36. The molecule has 7 heteroatoms. The Morgan fingerprint density at radius 1 is 1.48 bits per heavy atom. The first kappa shape index (κ1) is 16.4. The molecule has 118 valence electrons. The molecule has 1 aromatic heterocycles. The van der Waals surface area contributed by atoms with Crippen LogP contribution in [0.15, 0.2) is 23.4 Å². The van der Waals surface area contributed by atoms with E-state index in [2.05, 4.69) is 10.3 Å². The molecule has 1 fully saturated rings. The zero-order valence-electron chi connectivity index (χ0n) is 12.7. The van der Waals surface area contributed by atoms with Crippen molar-refractivity contribution in [2.75, 3.05) is 20.2 Å². The van der Waals surface area contributed by atoms with Gasteiger partial charge in [0.15, 0.2) is 5.03 Å². The SMILES string of the molecule is CCC1COC(C)CN1S(=O)(=O)c1ccc(CNC)cn1. The van der Waals surface area contributed by atoms with Crippen LogP contribution in [0.25, 0.3) is 0 Å². The summed E-state index contributed by atoms with van der Waals surface area (Å²) in [5, 5.41) is 3.12. The molecule has 0 aromatic carbocycles. The molecule has 0 radical (unpaired) electrons. The Morgan fingerprint density at radius 3 is 2.81 bits per heavy atom. The van der Waals surface area contributed by atoms with E-state index in [0.717, 1.165) is 12.0 Å². The van der Waals surface area contributed by atoms with E-state index in [4.69, 9.17) is 4.74 Å². The highest BCUT2D eigenvalue weighted by Crippen LogP contribution is 2.23. The molecule has 0 aliphatic carbocycles. The number of hydrogen-bond donors (Lipinski definition) is 1. The van der Waals surface area contributed by atoms with Gasteiger partial charge in [-0.25, -0.2) is 13.4 Å². The molecule has 1 saturated heterocycles. The van der Waals surface area contributed by atoms with Crippen molar-refractivity contribution in [3.63, 3.8) is 0 Å². The molecule has 2 unspecified atom stereocenters. The second-order valence-electron chi connectivity index (χ2n) is 5.32. The lowest BCUT2D eigenvalue weighted by molar-refractivity contribution is -0.0231. The fourth-order valence-electron chi connectivity index (χ4n) is 2.42. The molecule has 2 atom stereocenters. The maximum absolute atomic E-state index is 12.8. The first-order chi connectivity index (χ1) is 9.98. The minimum Gasteiger partial charge on any atom is -0.375 e. The molecular weight excluding hydrogens is 290 g/mol. The van der Waals surface area contributed by atoms with Crippen LogP contribution in [0.3, 0.4) is 0 Å². The van der Waals surface area contributed by atoms with Gasteiger partial charge in [0.1, 0.15) is 0 Å². The summed E-state index contributed by atoms with van der Waals surface area (Å²) in [5.41, 5.74) is 0.957. The summed E-state index contributed by atoms with van der Waals surface area (Å²) >= 11 is 0. The van der Waals surface area contributed by atoms with Gasteiger partial charge >= 0.3 is 0 Å². The number of hydrogen-bond acceptors (Lipinski definition) is 5. The number of nitrogens with one attached hydrogen (secondary N) is 1. The molecule has 6 nitrogen and oxygen atoms in total. The first-order valence-electron chi connectivity index (χ1n) is 7.22. The van der Waals surface area contributed by atoms with Gasteiger partial charge in [-0.05, 0) is 32.0 Å². The second kappa shape index (κ2) is 6.83. The van der Waals surface area contributed by atoms with Crippen LogP contribution in [0.1, 0.15) is 25.8 Å². The minimum atomic E-state index is -3.57. The van der Waals surface area contributed by atoms with Gasteiger partial charge in [0.2, 0.25) is 0 Å². The summed E-state index contributed by atoms with van der Waals surface area (Å²) in [6.45, 7) is 5.34. The topological polar surface area (TPSA) is 71.5 Å². The minimum absolute atomic E-state index is 0.0915. The Bertz CT molecular complexity index is 559. The lowest BCUT2D eigenvalue weighted by Gasteiger charge is -2.36. The van der Waals surface area contributed by atoms with Crippen molar-refractivity contribution in [1.82, 2.24) is 14.6 Å². The summed E-state index contributed by atoms with van der Waals surface area (Å²) in [4.78, 5) is 4.13. The van der Waals surface area contributed by atoms with Gasteiger partial charge in [-0.1, -0.05) is 13.0 Å². The standard InChI is InChI=1S/C14H23N3O3S/c1-4-13-10-20-11(2)9-17(13)21(18,19)14-6-5-12(7-15-3)8-16-14/h5-6,8,11,13,15H,4,7,9-10H2,1-3H3. The van der Waals surface area contributed by atoms with E-state index >= 15 is 0 Å². The number of ether oxygens (including phenoxy) is 1. The molecule has 1 aliphatic heterocycles. The maximum Gasteiger partial charge on any atom is 0.260 e. The summed E-state index contributed by atoms with van der Waals surface area (Å²) < 4.78 is 32.6. The fraction of sp³-hybridized carbons (Fsp3) is 0.643. The lowest BCUT2D eigenvalue weighted by Crippen LogP contribution is -2.51. The van der Waals surface area contributed by atoms with E-state index < -0.39 is 10.0 Å². The molecule has 0 amide bonds. The van der Waals surface area contributed by atoms with Crippen molar-refractivity contribution in [3.8, 4) is 0 Å². The summed E-state index contributed by atoms with van der Waals surface area (Å²) in [7, 11) is -1.73. The van der Waals surface area contributed by atoms with Crippen LogP contribution >= 0.6 is 0 Å². The number of morpholine rings is 1. The highest BCUT2D eigenvalue weighted by atomic mass is 32.2. The van der Waals surface area contributed by atoms with Gasteiger partial charge in [-0.3, -0.25) is 0 Å². The Morgan fingerprint density at radius 2 is 2.24 bits per heavy atom. The van der Waals surface area contributed by atoms with Crippen LogP contribution in [0, 0.1) is 0 Å². The average Bonchev–Trinajstić information content (AvgIpc) is 2.48. The van der Waals surface area contributed by atoms with Crippen molar-refractivity contribution < 1.29 is 13.2 Å². The van der Waals surface area contributed by atoms with E-state index in [1.165, 1.54) is 4.31 Å². The molecular formula is C14H23N3O3S. The quantitative estimate of drug-likeness (QED) is 0.878. The van der Waals surface area contributed by atoms with Crippen LogP contribution in [0.4, 0.5) is 0 Å². The largest absolute Gasteiger partial charge is 0.375 e. The van der Waals surface area contributed by atoms with E-state index in [1.807, 2.05) is 20.9 Å². The molecule has 1 aromatic rings. The van der Waals surface area contributed by atoms with Gasteiger partial charge in [0, 0.05) is 25.3 Å². The third-order valence-corrected chi connectivity index (χ3v) is 5.47. The van der Waals surface area contributed by atoms with Crippen molar-refractivity contribution in [3.05, 3.63) is 23.9 Å². The highest BCUT2D eigenvalue weighted by molar-refractivity contribution is 7.89. The molecule has 2 rings (SSSR count). The Labute approximate surface area is 126 Å². The molecule has 0 spiro atoms. The van der Waals surface area contributed by atoms with E-state index in [1.54, 1.807) is 18.3 Å². The van der Waals surface area contributed by atoms with E-state index in [-0.39, 0.29) is 17.2 Å². The predicted octanol–water partition coefficient (Wildman–Crippen LogP) is 0.989. The number of rotatable bonds is 5. The van der Waals surface area contributed by atoms with Crippen molar-refractivity contribution in [2.24, 2.45) is 0 Å². The van der Waals surface area contributed by atoms with Crippen LogP contribution in [-0.2, 0) is 21.3 Å². The number of pyridine rings is 1. The van der Waals surface area contributed by atoms with Gasteiger partial charge in [-0.2, -0.15) is 4.31 Å². The van der Waals surface area contributed by atoms with Crippen molar-refractivity contribution in [2.45, 2.75) is 44.0 Å². The number of sulfonamides is 1. The zero-order valence-corrected chi connectivity index (χ0v) is 13.6. The van der Waals surface area contributed by atoms with E-state index in [9.17, 15) is 8.42 Å². The molecule has 0 saturated carbocycles. The number of aromatic nitrogens is 1. The Balaban J connectivity index is 2.26. The molecule has 21 heavy (non-hydrogen) atoms. The van der Waals surface area contributed by atoms with E-state index in [0.29, 0.717) is 19.7 Å². The third-order valence-electron chi connectivity index (χ3n) is 3.64. The monoisotopic (exact) mass is 313 g/mol. The van der Waals surface area contributed by atoms with Crippen LogP contribution in [0.2, 0.25) is 0 Å². The smallest absolute Gasteiger partial charge is 0.260 e. The fourth-order valence-corrected chi connectivity index (χ4v) is 4.10. The molecule has 1 N–H and O–H groups in total. The van der Waals surface area contributed by atoms with Gasteiger partial charge < -0.3 is 10.1 Å². The van der Waals surface area contributed by atoms with Crippen LogP contribution in [0.5, 0.6) is 0 Å². The second-order valence-corrected chi connectivity index (χ2v) is 7.15. The molecule has 2 heterocycles. The van der Waals surface area contributed by atoms with Crippen molar-refractivity contribution in [1.29, 1.82) is 0 Å². The Hall–Kier alpha value is -1.02. The first-order valence-corrected chi connectivity index (χ1v) is 8.66. The van der Waals surface area contributed by atoms with Crippen LogP contribution in [-0.4, -0.2) is 50.1 Å². The number of nitrogens with zero attached hydrogens (tertiary/aromatic N) is 2. The summed E-state index contributed by atoms with van der Waals surface area (Å²) in [6.07, 6.45) is 2.24. The molecule has 1 aliphatic rings. The van der Waals surface area contributed by atoms with Gasteiger partial charge in [0.25, 0.3) is 10.0 Å². The lowest BCUT2D eigenvalue weighted by atomic mass is 10.2. The predicted molar refractivity (Wildman–Crippen MR) is 80.4 cm³/mol. The summed E-state index contributed by atoms with van der Waals surface area (Å²) in [5.74, 6) is 0.